The zero-order valence-electron chi connectivity index (χ0n) is 11.9. The Labute approximate surface area is 105 Å². The van der Waals surface area contributed by atoms with Crippen molar-refractivity contribution in [1.29, 1.82) is 0 Å². The predicted octanol–water partition coefficient (Wildman–Crippen LogP) is 3.49. The van der Waals surface area contributed by atoms with Gasteiger partial charge < -0.3 is 10.1 Å². The average molecular weight is 235 g/mol. The summed E-state index contributed by atoms with van der Waals surface area (Å²) in [5.41, 5.74) is 2.61. The van der Waals surface area contributed by atoms with Gasteiger partial charge in [-0.3, -0.25) is 0 Å². The van der Waals surface area contributed by atoms with Gasteiger partial charge in [-0.25, -0.2) is 0 Å². The maximum atomic E-state index is 6.02. The van der Waals surface area contributed by atoms with Crippen molar-refractivity contribution in [3.8, 4) is 5.75 Å². The molecule has 0 aliphatic carbocycles. The fourth-order valence-electron chi connectivity index (χ4n) is 1.88. The van der Waals surface area contributed by atoms with E-state index >= 15 is 0 Å². The highest BCUT2D eigenvalue weighted by molar-refractivity contribution is 5.45. The third kappa shape index (κ3) is 3.74. The molecule has 1 aromatic rings. The molecular formula is C15H25NO. The quantitative estimate of drug-likeness (QED) is 0.862. The minimum atomic E-state index is 0.105. The van der Waals surface area contributed by atoms with E-state index in [1.165, 1.54) is 11.1 Å². The summed E-state index contributed by atoms with van der Waals surface area (Å²) in [6.45, 7) is 11.6. The van der Waals surface area contributed by atoms with Crippen LogP contribution in [-0.2, 0) is 12.0 Å². The van der Waals surface area contributed by atoms with Gasteiger partial charge in [0.15, 0.2) is 0 Å². The molecule has 0 unspecified atom stereocenters. The monoisotopic (exact) mass is 235 g/mol. The summed E-state index contributed by atoms with van der Waals surface area (Å²) in [6, 6.07) is 6.40. The van der Waals surface area contributed by atoms with Gasteiger partial charge in [-0.05, 0) is 31.9 Å². The second-order valence-electron chi connectivity index (χ2n) is 5.74. The van der Waals surface area contributed by atoms with E-state index in [-0.39, 0.29) is 11.5 Å². The molecule has 0 aliphatic rings. The minimum absolute atomic E-state index is 0.105. The molecule has 0 heterocycles. The van der Waals surface area contributed by atoms with Crippen molar-refractivity contribution in [2.45, 2.75) is 52.7 Å². The first-order chi connectivity index (χ1) is 7.86. The number of rotatable bonds is 4. The fraction of sp³-hybridized carbons (Fsp3) is 0.600. The largest absolute Gasteiger partial charge is 0.490 e. The number of hydrogen-bond donors (Lipinski definition) is 1. The van der Waals surface area contributed by atoms with E-state index in [1.54, 1.807) is 0 Å². The molecule has 0 radical (unpaired) electrons. The van der Waals surface area contributed by atoms with E-state index in [2.05, 4.69) is 58.1 Å². The van der Waals surface area contributed by atoms with Crippen LogP contribution in [0.4, 0.5) is 0 Å². The van der Waals surface area contributed by atoms with E-state index in [4.69, 9.17) is 4.74 Å². The number of hydrogen-bond acceptors (Lipinski definition) is 2. The van der Waals surface area contributed by atoms with Gasteiger partial charge in [-0.2, -0.15) is 0 Å². The minimum Gasteiger partial charge on any atom is -0.490 e. The Morgan fingerprint density at radius 3 is 2.35 bits per heavy atom. The van der Waals surface area contributed by atoms with Crippen molar-refractivity contribution in [3.63, 3.8) is 0 Å². The average Bonchev–Trinajstić information content (AvgIpc) is 2.18. The zero-order chi connectivity index (χ0) is 13.1. The van der Waals surface area contributed by atoms with Crippen molar-refractivity contribution >= 4 is 0 Å². The standard InChI is InChI=1S/C15H25NO/c1-11(2)17-14-12(10-16-6)8-7-9-13(14)15(3,4)5/h7-9,11,16H,10H2,1-6H3. The number of nitrogens with one attached hydrogen (secondary N) is 1. The molecule has 2 heteroatoms. The lowest BCUT2D eigenvalue weighted by Gasteiger charge is -2.26. The van der Waals surface area contributed by atoms with Gasteiger partial charge in [0.05, 0.1) is 6.10 Å². The van der Waals surface area contributed by atoms with Crippen LogP contribution in [0.5, 0.6) is 5.75 Å². The molecule has 0 saturated heterocycles. The van der Waals surface area contributed by atoms with Gasteiger partial charge in [-0.15, -0.1) is 0 Å². The highest BCUT2D eigenvalue weighted by Gasteiger charge is 2.21. The summed E-state index contributed by atoms with van der Waals surface area (Å²) in [5, 5.41) is 3.20. The lowest BCUT2D eigenvalue weighted by atomic mass is 9.85. The molecule has 0 saturated carbocycles. The van der Waals surface area contributed by atoms with Crippen LogP contribution >= 0.6 is 0 Å². The van der Waals surface area contributed by atoms with Gasteiger partial charge in [0.2, 0.25) is 0 Å². The van der Waals surface area contributed by atoms with E-state index < -0.39 is 0 Å². The van der Waals surface area contributed by atoms with Crippen LogP contribution in [0.15, 0.2) is 18.2 Å². The van der Waals surface area contributed by atoms with Crippen LogP contribution in [-0.4, -0.2) is 13.2 Å². The molecule has 1 N–H and O–H groups in total. The van der Waals surface area contributed by atoms with Crippen molar-refractivity contribution in [2.75, 3.05) is 7.05 Å². The van der Waals surface area contributed by atoms with E-state index in [9.17, 15) is 0 Å². The summed E-state index contributed by atoms with van der Waals surface area (Å²) in [6.07, 6.45) is 0.203. The van der Waals surface area contributed by atoms with Crippen LogP contribution in [0, 0.1) is 0 Å². The van der Waals surface area contributed by atoms with Gasteiger partial charge in [0.25, 0.3) is 0 Å². The van der Waals surface area contributed by atoms with Crippen molar-refractivity contribution in [2.24, 2.45) is 0 Å². The molecule has 0 spiro atoms. The molecule has 2 nitrogen and oxygen atoms in total. The summed E-state index contributed by atoms with van der Waals surface area (Å²) in [4.78, 5) is 0. The summed E-state index contributed by atoms with van der Waals surface area (Å²) >= 11 is 0. The number of ether oxygens (including phenoxy) is 1. The van der Waals surface area contributed by atoms with Gasteiger partial charge >= 0.3 is 0 Å². The zero-order valence-corrected chi connectivity index (χ0v) is 11.9. The Morgan fingerprint density at radius 1 is 1.24 bits per heavy atom. The molecule has 0 aromatic heterocycles. The maximum absolute atomic E-state index is 6.02. The molecule has 0 aliphatic heterocycles. The second kappa shape index (κ2) is 5.54. The van der Waals surface area contributed by atoms with Crippen molar-refractivity contribution in [3.05, 3.63) is 29.3 Å². The van der Waals surface area contributed by atoms with E-state index in [1.807, 2.05) is 7.05 Å². The van der Waals surface area contributed by atoms with Gasteiger partial charge in [-0.1, -0.05) is 39.0 Å². The number of para-hydroxylation sites is 1. The Hall–Kier alpha value is -1.02. The molecule has 0 fully saturated rings. The lowest BCUT2D eigenvalue weighted by Crippen LogP contribution is -2.18. The smallest absolute Gasteiger partial charge is 0.127 e. The Balaban J connectivity index is 3.24. The first-order valence-electron chi connectivity index (χ1n) is 6.30. The van der Waals surface area contributed by atoms with Crippen LogP contribution in [0.25, 0.3) is 0 Å². The van der Waals surface area contributed by atoms with Crippen LogP contribution < -0.4 is 10.1 Å². The van der Waals surface area contributed by atoms with Crippen molar-refractivity contribution < 1.29 is 4.74 Å². The Bertz CT molecular complexity index is 364. The molecule has 0 amide bonds. The second-order valence-corrected chi connectivity index (χ2v) is 5.74. The molecule has 17 heavy (non-hydrogen) atoms. The van der Waals surface area contributed by atoms with Crippen molar-refractivity contribution in [1.82, 2.24) is 5.32 Å². The molecule has 1 rings (SSSR count). The lowest BCUT2D eigenvalue weighted by molar-refractivity contribution is 0.234. The first kappa shape index (κ1) is 14.0. The maximum Gasteiger partial charge on any atom is 0.127 e. The highest BCUT2D eigenvalue weighted by atomic mass is 16.5. The van der Waals surface area contributed by atoms with Crippen LogP contribution in [0.1, 0.15) is 45.7 Å². The molecular weight excluding hydrogens is 210 g/mol. The molecule has 1 aromatic carbocycles. The topological polar surface area (TPSA) is 21.3 Å². The van der Waals surface area contributed by atoms with Gasteiger partial charge in [0.1, 0.15) is 5.75 Å². The third-order valence-electron chi connectivity index (χ3n) is 2.63. The molecule has 96 valence electrons. The fourth-order valence-corrected chi connectivity index (χ4v) is 1.88. The molecule has 0 atom stereocenters. The van der Waals surface area contributed by atoms with Gasteiger partial charge in [0, 0.05) is 12.1 Å². The molecule has 0 bridgehead atoms. The number of benzene rings is 1. The SMILES string of the molecule is CNCc1cccc(C(C)(C)C)c1OC(C)C. The Kier molecular flexibility index (Phi) is 4.58. The van der Waals surface area contributed by atoms with E-state index in [0.29, 0.717) is 0 Å². The van der Waals surface area contributed by atoms with E-state index in [0.717, 1.165) is 12.3 Å². The third-order valence-corrected chi connectivity index (χ3v) is 2.63. The van der Waals surface area contributed by atoms with Crippen LogP contribution in [0.2, 0.25) is 0 Å². The highest BCUT2D eigenvalue weighted by Crippen LogP contribution is 2.34. The summed E-state index contributed by atoms with van der Waals surface area (Å²) in [7, 11) is 1.96. The Morgan fingerprint density at radius 2 is 1.88 bits per heavy atom. The normalized spacial score (nSPS) is 11.9. The summed E-state index contributed by atoms with van der Waals surface area (Å²) < 4.78 is 6.02. The summed E-state index contributed by atoms with van der Waals surface area (Å²) in [5.74, 6) is 1.05. The first-order valence-corrected chi connectivity index (χ1v) is 6.30. The van der Waals surface area contributed by atoms with Crippen LogP contribution in [0.3, 0.4) is 0 Å². The predicted molar refractivity (Wildman–Crippen MR) is 73.7 cm³/mol.